The van der Waals surface area contributed by atoms with Crippen LogP contribution in [0.25, 0.3) is 0 Å². The molecule has 3 aromatic carbocycles. The monoisotopic (exact) mass is 373 g/mol. The van der Waals surface area contributed by atoms with Crippen molar-refractivity contribution in [3.63, 3.8) is 0 Å². The van der Waals surface area contributed by atoms with Gasteiger partial charge in [0.1, 0.15) is 18.1 Å². The van der Waals surface area contributed by atoms with Gasteiger partial charge in [-0.1, -0.05) is 47.5 Å². The molecule has 0 heterocycles. The lowest BCUT2D eigenvalue weighted by molar-refractivity contribution is 0.303. The maximum atomic E-state index is 9.34. The van der Waals surface area contributed by atoms with Gasteiger partial charge in [0, 0.05) is 17.8 Å². The second-order valence-electron chi connectivity index (χ2n) is 5.55. The summed E-state index contributed by atoms with van der Waals surface area (Å²) >= 11 is 12.0. The Kier molecular flexibility index (Phi) is 5.69. The van der Waals surface area contributed by atoms with Crippen molar-refractivity contribution in [3.05, 3.63) is 87.9 Å². The summed E-state index contributed by atoms with van der Waals surface area (Å²) in [4.78, 5) is 0. The summed E-state index contributed by atoms with van der Waals surface area (Å²) in [6, 6.07) is 20.3. The molecule has 3 rings (SSSR count). The smallest absolute Gasteiger partial charge is 0.124 e. The number of phenols is 1. The van der Waals surface area contributed by atoms with E-state index in [0.29, 0.717) is 23.2 Å². The lowest BCUT2D eigenvalue weighted by Gasteiger charge is -2.13. The highest BCUT2D eigenvalue weighted by Gasteiger charge is 2.05. The number of para-hydroxylation sites is 1. The van der Waals surface area contributed by atoms with Crippen molar-refractivity contribution in [2.75, 3.05) is 5.32 Å². The molecule has 0 radical (unpaired) electrons. The fraction of sp³-hybridized carbons (Fsp3) is 0.100. The molecule has 0 aliphatic heterocycles. The van der Waals surface area contributed by atoms with Gasteiger partial charge in [0.05, 0.1) is 10.0 Å². The molecule has 128 valence electrons. The number of hydrogen-bond donors (Lipinski definition) is 2. The largest absolute Gasteiger partial charge is 0.508 e. The highest BCUT2D eigenvalue weighted by atomic mass is 35.5. The molecule has 0 fully saturated rings. The molecule has 0 atom stereocenters. The van der Waals surface area contributed by atoms with E-state index in [1.165, 1.54) is 0 Å². The molecule has 25 heavy (non-hydrogen) atoms. The van der Waals surface area contributed by atoms with Gasteiger partial charge in [-0.2, -0.15) is 0 Å². The second-order valence-corrected chi connectivity index (χ2v) is 6.36. The topological polar surface area (TPSA) is 41.5 Å². The minimum atomic E-state index is 0.246. The van der Waals surface area contributed by atoms with Crippen LogP contribution in [0.2, 0.25) is 10.0 Å². The van der Waals surface area contributed by atoms with Crippen LogP contribution in [-0.2, 0) is 13.2 Å². The average Bonchev–Trinajstić information content (AvgIpc) is 2.63. The fourth-order valence-corrected chi connectivity index (χ4v) is 2.68. The van der Waals surface area contributed by atoms with Crippen LogP contribution in [0.4, 0.5) is 5.69 Å². The van der Waals surface area contributed by atoms with Crippen molar-refractivity contribution in [1.29, 1.82) is 0 Å². The van der Waals surface area contributed by atoms with Crippen molar-refractivity contribution in [2.24, 2.45) is 0 Å². The summed E-state index contributed by atoms with van der Waals surface area (Å²) in [7, 11) is 0. The SMILES string of the molecule is Oc1ccc(NCc2ccccc2OCc2ccc(Cl)c(Cl)c2)cc1. The normalized spacial score (nSPS) is 10.5. The van der Waals surface area contributed by atoms with Crippen LogP contribution >= 0.6 is 23.2 Å². The van der Waals surface area contributed by atoms with Crippen molar-refractivity contribution in [1.82, 2.24) is 0 Å². The maximum absolute atomic E-state index is 9.34. The third-order valence-corrected chi connectivity index (χ3v) is 4.44. The molecule has 0 saturated carbocycles. The number of benzene rings is 3. The van der Waals surface area contributed by atoms with E-state index in [4.69, 9.17) is 27.9 Å². The number of aromatic hydroxyl groups is 1. The Hall–Kier alpha value is -2.36. The number of hydrogen-bond acceptors (Lipinski definition) is 3. The maximum Gasteiger partial charge on any atom is 0.124 e. The molecule has 0 aromatic heterocycles. The minimum Gasteiger partial charge on any atom is -0.508 e. The zero-order chi connectivity index (χ0) is 17.6. The first-order valence-electron chi connectivity index (χ1n) is 7.79. The van der Waals surface area contributed by atoms with E-state index in [2.05, 4.69) is 5.32 Å². The molecule has 0 bridgehead atoms. The molecular weight excluding hydrogens is 357 g/mol. The third kappa shape index (κ3) is 4.81. The van der Waals surface area contributed by atoms with Crippen LogP contribution in [0.15, 0.2) is 66.7 Å². The van der Waals surface area contributed by atoms with Gasteiger partial charge >= 0.3 is 0 Å². The quantitative estimate of drug-likeness (QED) is 0.529. The molecule has 0 spiro atoms. The van der Waals surface area contributed by atoms with Crippen LogP contribution in [0, 0.1) is 0 Å². The van der Waals surface area contributed by atoms with Crippen LogP contribution in [-0.4, -0.2) is 5.11 Å². The molecular formula is C20H17Cl2NO2. The van der Waals surface area contributed by atoms with Gasteiger partial charge in [0.15, 0.2) is 0 Å². The Morgan fingerprint density at radius 1 is 0.880 bits per heavy atom. The van der Waals surface area contributed by atoms with Crippen LogP contribution in [0.1, 0.15) is 11.1 Å². The summed E-state index contributed by atoms with van der Waals surface area (Å²) in [5.41, 5.74) is 2.92. The number of anilines is 1. The van der Waals surface area contributed by atoms with Crippen molar-refractivity contribution >= 4 is 28.9 Å². The minimum absolute atomic E-state index is 0.246. The number of ether oxygens (including phenoxy) is 1. The lowest BCUT2D eigenvalue weighted by atomic mass is 10.2. The molecule has 2 N–H and O–H groups in total. The standard InChI is InChI=1S/C20H17Cl2NO2/c21-18-10-5-14(11-19(18)22)13-25-20-4-2-1-3-15(20)12-23-16-6-8-17(24)9-7-16/h1-11,23-24H,12-13H2. The average molecular weight is 374 g/mol. The van der Waals surface area contributed by atoms with E-state index in [-0.39, 0.29) is 5.75 Å². The van der Waals surface area contributed by atoms with Gasteiger partial charge in [-0.15, -0.1) is 0 Å². The zero-order valence-electron chi connectivity index (χ0n) is 13.4. The van der Waals surface area contributed by atoms with Gasteiger partial charge in [0.25, 0.3) is 0 Å². The molecule has 0 saturated heterocycles. The number of halogens is 2. The van der Waals surface area contributed by atoms with Crippen molar-refractivity contribution < 1.29 is 9.84 Å². The number of rotatable bonds is 6. The Balaban J connectivity index is 1.65. The summed E-state index contributed by atoms with van der Waals surface area (Å²) < 4.78 is 5.94. The molecule has 0 amide bonds. The Bertz CT molecular complexity index is 851. The predicted molar refractivity (Wildman–Crippen MR) is 103 cm³/mol. The van der Waals surface area contributed by atoms with E-state index < -0.39 is 0 Å². The molecule has 3 nitrogen and oxygen atoms in total. The molecule has 0 aliphatic rings. The lowest BCUT2D eigenvalue weighted by Crippen LogP contribution is -2.03. The third-order valence-electron chi connectivity index (χ3n) is 3.70. The van der Waals surface area contributed by atoms with Crippen LogP contribution < -0.4 is 10.1 Å². The van der Waals surface area contributed by atoms with Crippen molar-refractivity contribution in [3.8, 4) is 11.5 Å². The van der Waals surface area contributed by atoms with Crippen molar-refractivity contribution in [2.45, 2.75) is 13.2 Å². The van der Waals surface area contributed by atoms with Gasteiger partial charge in [-0.25, -0.2) is 0 Å². The fourth-order valence-electron chi connectivity index (χ4n) is 2.36. The first kappa shape index (κ1) is 17.5. The number of phenolic OH excluding ortho intramolecular Hbond substituents is 1. The first-order chi connectivity index (χ1) is 12.1. The molecule has 5 heteroatoms. The predicted octanol–water partition coefficient (Wildman–Crippen LogP) is 5.89. The highest BCUT2D eigenvalue weighted by molar-refractivity contribution is 6.42. The highest BCUT2D eigenvalue weighted by Crippen LogP contribution is 2.25. The van der Waals surface area contributed by atoms with Crippen LogP contribution in [0.5, 0.6) is 11.5 Å². The first-order valence-corrected chi connectivity index (χ1v) is 8.55. The zero-order valence-corrected chi connectivity index (χ0v) is 14.9. The van der Waals surface area contributed by atoms with Gasteiger partial charge in [-0.3, -0.25) is 0 Å². The molecule has 0 aliphatic carbocycles. The number of nitrogens with one attached hydrogen (secondary N) is 1. The summed E-state index contributed by atoms with van der Waals surface area (Å²) in [5.74, 6) is 1.05. The van der Waals surface area contributed by atoms with Gasteiger partial charge in [-0.05, 0) is 48.0 Å². The summed E-state index contributed by atoms with van der Waals surface area (Å²) in [5, 5.41) is 13.7. The molecule has 0 unspecified atom stereocenters. The Morgan fingerprint density at radius 2 is 1.64 bits per heavy atom. The Labute approximate surface area is 156 Å². The molecule has 3 aromatic rings. The second kappa shape index (κ2) is 8.15. The summed E-state index contributed by atoms with van der Waals surface area (Å²) in [6.07, 6.45) is 0. The van der Waals surface area contributed by atoms with E-state index in [1.54, 1.807) is 24.3 Å². The van der Waals surface area contributed by atoms with E-state index >= 15 is 0 Å². The summed E-state index contributed by atoms with van der Waals surface area (Å²) in [6.45, 7) is 1.02. The van der Waals surface area contributed by atoms with Crippen LogP contribution in [0.3, 0.4) is 0 Å². The Morgan fingerprint density at radius 3 is 2.40 bits per heavy atom. The van der Waals surface area contributed by atoms with E-state index in [0.717, 1.165) is 22.6 Å². The van der Waals surface area contributed by atoms with E-state index in [9.17, 15) is 5.11 Å². The van der Waals surface area contributed by atoms with E-state index in [1.807, 2.05) is 42.5 Å². The van der Waals surface area contributed by atoms with Gasteiger partial charge in [0.2, 0.25) is 0 Å². The van der Waals surface area contributed by atoms with Gasteiger partial charge < -0.3 is 15.2 Å².